The average Bonchev–Trinajstić information content (AvgIpc) is 3.86. The van der Waals surface area contributed by atoms with Crippen molar-refractivity contribution >= 4 is 46.4 Å². The Bertz CT molecular complexity index is 2490. The molecule has 0 aliphatic rings. The summed E-state index contributed by atoms with van der Waals surface area (Å²) < 4.78 is 26.1. The number of aromatic hydroxyl groups is 4. The Labute approximate surface area is 352 Å². The largest absolute Gasteiger partial charge is 0.507 e. The van der Waals surface area contributed by atoms with Gasteiger partial charge in [-0.25, -0.2) is 0 Å². The molecule has 0 bridgehead atoms. The highest BCUT2D eigenvalue weighted by atomic mass is 35.5. The standard InChI is InChI=1S/C21H21ClN2O7.C20H19ClN2O6/c1-4-13(25)18-19(20(31-24-18)11-8-12(22)15(27)9-14(11)26)23-21(28)10-5-6-16(29-2)17(7-10)30-3;1-3-14(24)17-18(22-20(27)10-4-6-11(28-2)7-5-10)19(29-23-17)12-8-13(21)16(26)9-15(12)25/h5-9,13,25-27H,4H2,1-3H3,(H,23,28);4-9,14,24-26H,3H2,1-2H3,(H,22,27). The van der Waals surface area contributed by atoms with E-state index in [0.29, 0.717) is 35.7 Å². The van der Waals surface area contributed by atoms with Crippen molar-refractivity contribution in [2.24, 2.45) is 0 Å². The second-order valence-electron chi connectivity index (χ2n) is 12.7. The highest BCUT2D eigenvalue weighted by Crippen LogP contribution is 2.44. The molecule has 0 aliphatic heterocycles. The molecule has 2 amide bonds. The fourth-order valence-electron chi connectivity index (χ4n) is 5.61. The lowest BCUT2D eigenvalue weighted by Gasteiger charge is -2.12. The third-order valence-corrected chi connectivity index (χ3v) is 9.54. The Morgan fingerprint density at radius 2 is 1.05 bits per heavy atom. The van der Waals surface area contributed by atoms with Crippen LogP contribution in [0.4, 0.5) is 11.4 Å². The third kappa shape index (κ3) is 9.61. The molecule has 6 rings (SSSR count). The number of phenols is 4. The number of aromatic nitrogens is 2. The van der Waals surface area contributed by atoms with E-state index in [-0.39, 0.29) is 84.0 Å². The molecule has 2 aromatic heterocycles. The highest BCUT2D eigenvalue weighted by Gasteiger charge is 2.29. The zero-order valence-corrected chi connectivity index (χ0v) is 34.1. The monoisotopic (exact) mass is 866 g/mol. The maximum absolute atomic E-state index is 12.9. The van der Waals surface area contributed by atoms with E-state index in [1.54, 1.807) is 44.2 Å². The van der Waals surface area contributed by atoms with Gasteiger partial charge >= 0.3 is 0 Å². The van der Waals surface area contributed by atoms with Crippen LogP contribution in [0.2, 0.25) is 10.0 Å². The lowest BCUT2D eigenvalue weighted by Crippen LogP contribution is -2.14. The first-order valence-electron chi connectivity index (χ1n) is 17.9. The number of methoxy groups -OCH3 is 3. The molecule has 8 N–H and O–H groups in total. The van der Waals surface area contributed by atoms with E-state index < -0.39 is 24.0 Å². The first kappa shape index (κ1) is 44.4. The van der Waals surface area contributed by atoms with Crippen LogP contribution in [0.1, 0.15) is 71.0 Å². The number of aliphatic hydroxyl groups is 2. The van der Waals surface area contributed by atoms with Crippen molar-refractivity contribution in [3.63, 3.8) is 0 Å². The van der Waals surface area contributed by atoms with E-state index >= 15 is 0 Å². The molecule has 4 aromatic carbocycles. The van der Waals surface area contributed by atoms with Crippen molar-refractivity contribution in [2.75, 3.05) is 32.0 Å². The van der Waals surface area contributed by atoms with Crippen molar-refractivity contribution in [1.82, 2.24) is 10.3 Å². The van der Waals surface area contributed by atoms with Crippen molar-refractivity contribution < 1.29 is 63.5 Å². The molecule has 17 nitrogen and oxygen atoms in total. The number of hydrogen-bond acceptors (Lipinski definition) is 15. The van der Waals surface area contributed by atoms with Crippen LogP contribution < -0.4 is 24.8 Å². The lowest BCUT2D eigenvalue weighted by molar-refractivity contribution is 0.101. The van der Waals surface area contributed by atoms with Crippen LogP contribution in [-0.4, -0.2) is 74.1 Å². The second kappa shape index (κ2) is 19.4. The molecular weight excluding hydrogens is 827 g/mol. The van der Waals surface area contributed by atoms with E-state index in [2.05, 4.69) is 20.9 Å². The number of hydrogen-bond donors (Lipinski definition) is 8. The Kier molecular flexibility index (Phi) is 14.4. The zero-order valence-electron chi connectivity index (χ0n) is 32.6. The highest BCUT2D eigenvalue weighted by molar-refractivity contribution is 6.32. The smallest absolute Gasteiger partial charge is 0.255 e. The summed E-state index contributed by atoms with van der Waals surface area (Å²) in [6.45, 7) is 3.47. The van der Waals surface area contributed by atoms with Crippen LogP contribution in [0.25, 0.3) is 22.6 Å². The molecule has 60 heavy (non-hydrogen) atoms. The van der Waals surface area contributed by atoms with E-state index in [1.165, 1.54) is 45.6 Å². The van der Waals surface area contributed by atoms with Crippen LogP contribution in [-0.2, 0) is 0 Å². The number of phenolic OH excluding ortho intramolecular Hbond substituents is 4. The summed E-state index contributed by atoms with van der Waals surface area (Å²) in [5.74, 6) is -0.976. The molecular formula is C41H40Cl2N4O13. The Morgan fingerprint density at radius 1 is 0.617 bits per heavy atom. The number of carbonyl (C=O) groups is 2. The molecule has 316 valence electrons. The van der Waals surface area contributed by atoms with Crippen molar-refractivity contribution in [3.8, 4) is 62.9 Å². The number of carbonyl (C=O) groups excluding carboxylic acids is 2. The third-order valence-electron chi connectivity index (χ3n) is 8.94. The second-order valence-corrected chi connectivity index (χ2v) is 13.6. The van der Waals surface area contributed by atoms with Gasteiger partial charge in [-0.15, -0.1) is 0 Å². The normalized spacial score (nSPS) is 11.8. The van der Waals surface area contributed by atoms with Crippen LogP contribution >= 0.6 is 23.2 Å². The van der Waals surface area contributed by atoms with Gasteiger partial charge in [0.1, 0.15) is 63.7 Å². The zero-order chi connectivity index (χ0) is 43.8. The fourth-order valence-corrected chi connectivity index (χ4v) is 5.94. The first-order chi connectivity index (χ1) is 28.6. The Balaban J connectivity index is 0.000000228. The molecule has 6 aromatic rings. The average molecular weight is 868 g/mol. The van der Waals surface area contributed by atoms with Gasteiger partial charge in [-0.3, -0.25) is 9.59 Å². The predicted octanol–water partition coefficient (Wildman–Crippen LogP) is 8.23. The number of halogens is 2. The first-order valence-corrected chi connectivity index (χ1v) is 18.7. The van der Waals surface area contributed by atoms with Crippen LogP contribution in [0.5, 0.6) is 40.2 Å². The summed E-state index contributed by atoms with van der Waals surface area (Å²) in [6, 6.07) is 15.7. The van der Waals surface area contributed by atoms with Gasteiger partial charge in [-0.05, 0) is 67.4 Å². The minimum Gasteiger partial charge on any atom is -0.507 e. The van der Waals surface area contributed by atoms with Gasteiger partial charge in [0.25, 0.3) is 11.8 Å². The van der Waals surface area contributed by atoms with Gasteiger partial charge < -0.3 is 64.5 Å². The summed E-state index contributed by atoms with van der Waals surface area (Å²) in [4.78, 5) is 25.7. The van der Waals surface area contributed by atoms with E-state index in [1.807, 2.05) is 0 Å². The summed E-state index contributed by atoms with van der Waals surface area (Å²) in [6.07, 6.45) is -1.42. The van der Waals surface area contributed by atoms with E-state index in [0.717, 1.165) is 12.1 Å². The van der Waals surface area contributed by atoms with Gasteiger partial charge in [0.15, 0.2) is 23.0 Å². The van der Waals surface area contributed by atoms with Gasteiger partial charge in [0.2, 0.25) is 0 Å². The van der Waals surface area contributed by atoms with Crippen LogP contribution in [0.15, 0.2) is 75.8 Å². The van der Waals surface area contributed by atoms with Gasteiger partial charge in [0.05, 0.1) is 42.5 Å². The van der Waals surface area contributed by atoms with Gasteiger partial charge in [0, 0.05) is 23.3 Å². The number of anilines is 2. The molecule has 0 radical (unpaired) electrons. The lowest BCUT2D eigenvalue weighted by atomic mass is 10.1. The molecule has 0 spiro atoms. The number of benzene rings is 4. The quantitative estimate of drug-likeness (QED) is 0.0544. The van der Waals surface area contributed by atoms with E-state index in [4.69, 9.17) is 46.5 Å². The number of rotatable bonds is 13. The SMILES string of the molecule is CCC(O)c1noc(-c2cc(Cl)c(O)cc2O)c1NC(=O)c1ccc(OC)c(OC)c1.CCC(O)c1noc(-c2cc(Cl)c(O)cc2O)c1NC(=O)c1ccc(OC)cc1. The maximum Gasteiger partial charge on any atom is 0.255 e. The molecule has 19 heteroatoms. The molecule has 0 saturated carbocycles. The van der Waals surface area contributed by atoms with Crippen molar-refractivity contribution in [2.45, 2.75) is 38.9 Å². The number of amides is 2. The Hall–Kier alpha value is -6.66. The maximum atomic E-state index is 12.9. The van der Waals surface area contributed by atoms with Crippen LogP contribution in [0.3, 0.4) is 0 Å². The number of ether oxygens (including phenoxy) is 3. The summed E-state index contributed by atoms with van der Waals surface area (Å²) in [5, 5.41) is 73.4. The van der Waals surface area contributed by atoms with Crippen LogP contribution in [0, 0.1) is 0 Å². The number of nitrogens with zero attached hydrogens (tertiary/aromatic N) is 2. The topological polar surface area (TPSA) is 259 Å². The minimum absolute atomic E-state index is 0.00578. The van der Waals surface area contributed by atoms with Gasteiger partial charge in [-0.1, -0.05) is 47.4 Å². The van der Waals surface area contributed by atoms with Gasteiger partial charge in [-0.2, -0.15) is 0 Å². The van der Waals surface area contributed by atoms with Crippen molar-refractivity contribution in [1.29, 1.82) is 0 Å². The van der Waals surface area contributed by atoms with E-state index in [9.17, 15) is 40.2 Å². The summed E-state index contributed by atoms with van der Waals surface area (Å²) in [7, 11) is 4.45. The molecule has 0 aliphatic carbocycles. The molecule has 2 atom stereocenters. The van der Waals surface area contributed by atoms with Crippen molar-refractivity contribution in [3.05, 3.63) is 99.3 Å². The molecule has 0 saturated heterocycles. The molecule has 2 unspecified atom stereocenters. The summed E-state index contributed by atoms with van der Waals surface area (Å²) >= 11 is 11.9. The predicted molar refractivity (Wildman–Crippen MR) is 220 cm³/mol. The number of aliphatic hydroxyl groups excluding tert-OH is 2. The molecule has 2 heterocycles. The summed E-state index contributed by atoms with van der Waals surface area (Å²) in [5.41, 5.74) is 1.09. The fraction of sp³-hybridized carbons (Fsp3) is 0.220. The number of nitrogens with one attached hydrogen (secondary N) is 2. The molecule has 0 fully saturated rings. The minimum atomic E-state index is -1.03. The Morgan fingerprint density at radius 3 is 1.47 bits per heavy atom.